The van der Waals surface area contributed by atoms with Crippen LogP contribution in [0.2, 0.25) is 0 Å². The molecular formula is C26H34N2. The van der Waals surface area contributed by atoms with E-state index in [9.17, 15) is 0 Å². The molecule has 28 heavy (non-hydrogen) atoms. The van der Waals surface area contributed by atoms with Gasteiger partial charge in [-0.3, -0.25) is 0 Å². The van der Waals surface area contributed by atoms with Gasteiger partial charge in [-0.05, 0) is 86.9 Å². The van der Waals surface area contributed by atoms with E-state index in [0.29, 0.717) is 5.92 Å². The van der Waals surface area contributed by atoms with Crippen molar-refractivity contribution in [1.82, 2.24) is 9.80 Å². The maximum atomic E-state index is 2.77. The van der Waals surface area contributed by atoms with E-state index < -0.39 is 0 Å². The molecule has 0 unspecified atom stereocenters. The lowest BCUT2D eigenvalue weighted by atomic mass is 9.79. The maximum Gasteiger partial charge on any atom is 0.0138 e. The molecule has 5 rings (SSSR count). The molecule has 2 heteroatoms. The number of nitrogens with zero attached hydrogens (tertiary/aromatic N) is 2. The van der Waals surface area contributed by atoms with Crippen LogP contribution < -0.4 is 0 Å². The molecule has 3 atom stereocenters. The fourth-order valence-corrected chi connectivity index (χ4v) is 6.13. The van der Waals surface area contributed by atoms with Crippen LogP contribution in [-0.2, 0) is 0 Å². The standard InChI is InChI=1S/C26H34N2/c1-3-10-21(11-4-1)26-24-13-6-5-12-22(24)23-14-19-28(20-25(23)26)18-9-17-27-15-7-2-8-16-27/h1,3-6,10-13,23,25-26H,2,7-9,14-20H2/t23-,25-,26-/m0/s1. The van der Waals surface area contributed by atoms with Gasteiger partial charge in [-0.1, -0.05) is 61.0 Å². The van der Waals surface area contributed by atoms with Gasteiger partial charge in [-0.25, -0.2) is 0 Å². The molecule has 0 amide bonds. The predicted molar refractivity (Wildman–Crippen MR) is 117 cm³/mol. The van der Waals surface area contributed by atoms with E-state index in [1.165, 1.54) is 76.9 Å². The summed E-state index contributed by atoms with van der Waals surface area (Å²) in [5.74, 6) is 2.07. The van der Waals surface area contributed by atoms with Crippen molar-refractivity contribution < 1.29 is 0 Å². The first-order valence-corrected chi connectivity index (χ1v) is 11.5. The fraction of sp³-hybridized carbons (Fsp3) is 0.538. The summed E-state index contributed by atoms with van der Waals surface area (Å²) in [7, 11) is 0. The number of piperidine rings is 2. The molecule has 0 aromatic heterocycles. The van der Waals surface area contributed by atoms with E-state index in [0.717, 1.165) is 11.8 Å². The summed E-state index contributed by atoms with van der Waals surface area (Å²) in [4.78, 5) is 5.46. The van der Waals surface area contributed by atoms with Gasteiger partial charge in [0.25, 0.3) is 0 Å². The minimum absolute atomic E-state index is 0.576. The van der Waals surface area contributed by atoms with Gasteiger partial charge in [0.1, 0.15) is 0 Å². The minimum atomic E-state index is 0.576. The van der Waals surface area contributed by atoms with Crippen molar-refractivity contribution >= 4 is 0 Å². The molecule has 2 aromatic rings. The van der Waals surface area contributed by atoms with Crippen LogP contribution >= 0.6 is 0 Å². The number of rotatable bonds is 5. The number of hydrogen-bond donors (Lipinski definition) is 0. The predicted octanol–water partition coefficient (Wildman–Crippen LogP) is 5.11. The van der Waals surface area contributed by atoms with E-state index in [1.54, 1.807) is 11.1 Å². The molecule has 2 fully saturated rings. The number of fused-ring (bicyclic) bond motifs is 3. The molecule has 3 aliphatic rings. The van der Waals surface area contributed by atoms with Crippen molar-refractivity contribution in [2.24, 2.45) is 5.92 Å². The Morgan fingerprint density at radius 3 is 2.25 bits per heavy atom. The van der Waals surface area contributed by atoms with Crippen molar-refractivity contribution in [3.05, 3.63) is 71.3 Å². The summed E-state index contributed by atoms with van der Waals surface area (Å²) in [5.41, 5.74) is 4.74. The second-order valence-electron chi connectivity index (χ2n) is 9.13. The highest BCUT2D eigenvalue weighted by atomic mass is 15.2. The first kappa shape index (κ1) is 18.4. The van der Waals surface area contributed by atoms with Crippen molar-refractivity contribution in [3.63, 3.8) is 0 Å². The topological polar surface area (TPSA) is 6.48 Å². The van der Waals surface area contributed by atoms with Gasteiger partial charge < -0.3 is 9.80 Å². The van der Waals surface area contributed by atoms with Crippen LogP contribution in [0.1, 0.15) is 60.6 Å². The van der Waals surface area contributed by atoms with Crippen LogP contribution in [-0.4, -0.2) is 49.1 Å². The van der Waals surface area contributed by atoms with Gasteiger partial charge in [0, 0.05) is 12.5 Å². The van der Waals surface area contributed by atoms with E-state index >= 15 is 0 Å². The SMILES string of the molecule is c1ccc([C@H]2c3ccccc3[C@@H]3CCN(CCCN4CCCCC4)C[C@H]23)cc1. The molecule has 0 spiro atoms. The van der Waals surface area contributed by atoms with E-state index in [1.807, 2.05) is 0 Å². The Hall–Kier alpha value is -1.64. The normalized spacial score (nSPS) is 28.1. The van der Waals surface area contributed by atoms with Gasteiger partial charge in [0.05, 0.1) is 0 Å². The Balaban J connectivity index is 1.28. The van der Waals surface area contributed by atoms with Crippen LogP contribution in [0.25, 0.3) is 0 Å². The third-order valence-electron chi connectivity index (χ3n) is 7.46. The van der Waals surface area contributed by atoms with Gasteiger partial charge in [-0.2, -0.15) is 0 Å². The third-order valence-corrected chi connectivity index (χ3v) is 7.46. The van der Waals surface area contributed by atoms with E-state index in [-0.39, 0.29) is 0 Å². The second-order valence-corrected chi connectivity index (χ2v) is 9.13. The Morgan fingerprint density at radius 2 is 1.43 bits per heavy atom. The van der Waals surface area contributed by atoms with Crippen LogP contribution in [0.15, 0.2) is 54.6 Å². The molecule has 2 aromatic carbocycles. The molecule has 2 heterocycles. The number of benzene rings is 2. The lowest BCUT2D eigenvalue weighted by molar-refractivity contribution is 0.141. The maximum absolute atomic E-state index is 2.77. The molecule has 0 saturated carbocycles. The third kappa shape index (κ3) is 3.65. The quantitative estimate of drug-likeness (QED) is 0.717. The number of likely N-dealkylation sites (tertiary alicyclic amines) is 2. The Labute approximate surface area is 170 Å². The molecule has 0 radical (unpaired) electrons. The van der Waals surface area contributed by atoms with E-state index in [4.69, 9.17) is 0 Å². The number of hydrogen-bond acceptors (Lipinski definition) is 2. The van der Waals surface area contributed by atoms with Crippen molar-refractivity contribution in [3.8, 4) is 0 Å². The molecule has 0 bridgehead atoms. The highest BCUT2D eigenvalue weighted by molar-refractivity contribution is 5.46. The molecular weight excluding hydrogens is 340 g/mol. The van der Waals surface area contributed by atoms with Crippen molar-refractivity contribution in [1.29, 1.82) is 0 Å². The summed E-state index contributed by atoms with van der Waals surface area (Å²) in [6, 6.07) is 20.5. The average molecular weight is 375 g/mol. The summed E-state index contributed by atoms with van der Waals surface area (Å²) >= 11 is 0. The second kappa shape index (κ2) is 8.39. The summed E-state index contributed by atoms with van der Waals surface area (Å²) in [6.45, 7) is 7.77. The molecule has 2 saturated heterocycles. The summed E-state index contributed by atoms with van der Waals surface area (Å²) in [6.07, 6.45) is 6.91. The average Bonchev–Trinajstić information content (AvgIpc) is 3.09. The first-order chi connectivity index (χ1) is 13.9. The zero-order valence-corrected chi connectivity index (χ0v) is 17.1. The molecule has 2 nitrogen and oxygen atoms in total. The van der Waals surface area contributed by atoms with Gasteiger partial charge in [-0.15, -0.1) is 0 Å². The van der Waals surface area contributed by atoms with Crippen LogP contribution in [0.3, 0.4) is 0 Å². The smallest absolute Gasteiger partial charge is 0.0138 e. The Morgan fingerprint density at radius 1 is 0.714 bits per heavy atom. The lowest BCUT2D eigenvalue weighted by Gasteiger charge is -2.38. The van der Waals surface area contributed by atoms with Crippen molar-refractivity contribution in [2.75, 3.05) is 39.3 Å². The molecule has 148 valence electrons. The zero-order chi connectivity index (χ0) is 18.8. The first-order valence-electron chi connectivity index (χ1n) is 11.5. The highest BCUT2D eigenvalue weighted by Gasteiger charge is 2.43. The Bertz CT molecular complexity index is 765. The fourth-order valence-electron chi connectivity index (χ4n) is 6.13. The molecule has 0 N–H and O–H groups in total. The Kier molecular flexibility index (Phi) is 5.51. The van der Waals surface area contributed by atoms with Gasteiger partial charge >= 0.3 is 0 Å². The summed E-state index contributed by atoms with van der Waals surface area (Å²) < 4.78 is 0. The van der Waals surface area contributed by atoms with Crippen LogP contribution in [0, 0.1) is 5.92 Å². The zero-order valence-electron chi connectivity index (χ0n) is 17.1. The molecule has 2 aliphatic heterocycles. The summed E-state index contributed by atoms with van der Waals surface area (Å²) in [5, 5.41) is 0. The van der Waals surface area contributed by atoms with Crippen LogP contribution in [0.5, 0.6) is 0 Å². The molecule has 1 aliphatic carbocycles. The van der Waals surface area contributed by atoms with Gasteiger partial charge in [0.2, 0.25) is 0 Å². The monoisotopic (exact) mass is 374 g/mol. The minimum Gasteiger partial charge on any atom is -0.303 e. The largest absolute Gasteiger partial charge is 0.303 e. The lowest BCUT2D eigenvalue weighted by Crippen LogP contribution is -2.41. The van der Waals surface area contributed by atoms with E-state index in [2.05, 4.69) is 64.4 Å². The highest BCUT2D eigenvalue weighted by Crippen LogP contribution is 2.52. The van der Waals surface area contributed by atoms with Gasteiger partial charge in [0.15, 0.2) is 0 Å². The van der Waals surface area contributed by atoms with Crippen LogP contribution in [0.4, 0.5) is 0 Å². The van der Waals surface area contributed by atoms with Crippen molar-refractivity contribution in [2.45, 2.75) is 43.9 Å².